The van der Waals surface area contributed by atoms with Gasteiger partial charge in [0.1, 0.15) is 0 Å². The van der Waals surface area contributed by atoms with Crippen LogP contribution in [0.5, 0.6) is 0 Å². The van der Waals surface area contributed by atoms with E-state index in [1.54, 1.807) is 0 Å². The van der Waals surface area contributed by atoms with Crippen molar-refractivity contribution in [2.45, 2.75) is 26.3 Å². The van der Waals surface area contributed by atoms with Gasteiger partial charge in [0, 0.05) is 18.8 Å². The Morgan fingerprint density at radius 1 is 1.29 bits per heavy atom. The van der Waals surface area contributed by atoms with Gasteiger partial charge in [0.05, 0.1) is 6.42 Å². The third kappa shape index (κ3) is 5.99. The lowest BCUT2D eigenvalue weighted by molar-refractivity contribution is -0.137. The number of hydrogen-bond acceptors (Lipinski definition) is 5. The fourth-order valence-electron chi connectivity index (χ4n) is 1.48. The average Bonchev–Trinajstić information content (AvgIpc) is 1.96. The second-order valence-corrected chi connectivity index (χ2v) is 8.23. The van der Waals surface area contributed by atoms with Crippen LogP contribution in [-0.2, 0) is 24.7 Å². The zero-order valence-corrected chi connectivity index (χ0v) is 11.6. The summed E-state index contributed by atoms with van der Waals surface area (Å²) in [6.07, 6.45) is 0.455. The summed E-state index contributed by atoms with van der Waals surface area (Å²) >= 11 is 0. The Balaban J connectivity index is 5.06. The van der Waals surface area contributed by atoms with E-state index >= 15 is 0 Å². The molecule has 0 aromatic rings. The molecule has 0 heterocycles. The SMILES string of the molecule is CCN(C(C)CC(=O)O)S(=O)(=O)CS(C)(=O)=O. The van der Waals surface area contributed by atoms with Crippen molar-refractivity contribution in [3.05, 3.63) is 0 Å². The first kappa shape index (κ1) is 16.3. The molecule has 0 aromatic heterocycles. The lowest BCUT2D eigenvalue weighted by Gasteiger charge is -2.25. The molecular weight excluding hydrogens is 270 g/mol. The standard InChI is InChI=1S/C8H17NO6S2/c1-4-9(7(2)5-8(10)11)17(14,15)6-16(3,12)13/h7H,4-6H2,1-3H3,(H,10,11). The first-order valence-electron chi connectivity index (χ1n) is 4.88. The third-order valence-corrected chi connectivity index (χ3v) is 6.23. The lowest BCUT2D eigenvalue weighted by Crippen LogP contribution is -2.42. The number of nitrogens with zero attached hydrogens (tertiary/aromatic N) is 1. The number of sulfone groups is 1. The van der Waals surface area contributed by atoms with Gasteiger partial charge in [-0.05, 0) is 6.92 Å². The highest BCUT2D eigenvalue weighted by atomic mass is 32.3. The van der Waals surface area contributed by atoms with E-state index in [2.05, 4.69) is 0 Å². The van der Waals surface area contributed by atoms with Crippen LogP contribution in [0.2, 0.25) is 0 Å². The largest absolute Gasteiger partial charge is 0.481 e. The molecule has 0 fully saturated rings. The third-order valence-electron chi connectivity index (χ3n) is 1.99. The van der Waals surface area contributed by atoms with Crippen molar-refractivity contribution in [3.8, 4) is 0 Å². The van der Waals surface area contributed by atoms with Gasteiger partial charge in [-0.3, -0.25) is 4.79 Å². The van der Waals surface area contributed by atoms with Crippen LogP contribution in [0.4, 0.5) is 0 Å². The summed E-state index contributed by atoms with van der Waals surface area (Å²) in [5.41, 5.74) is 0. The van der Waals surface area contributed by atoms with Crippen molar-refractivity contribution < 1.29 is 26.7 Å². The first-order valence-corrected chi connectivity index (χ1v) is 8.55. The minimum Gasteiger partial charge on any atom is -0.481 e. The van der Waals surface area contributed by atoms with E-state index in [9.17, 15) is 21.6 Å². The van der Waals surface area contributed by atoms with Crippen molar-refractivity contribution in [1.82, 2.24) is 4.31 Å². The van der Waals surface area contributed by atoms with Gasteiger partial charge < -0.3 is 5.11 Å². The maximum atomic E-state index is 11.8. The number of sulfonamides is 1. The molecule has 0 saturated carbocycles. The lowest BCUT2D eigenvalue weighted by atomic mass is 10.2. The van der Waals surface area contributed by atoms with Crippen molar-refractivity contribution in [2.24, 2.45) is 0 Å². The summed E-state index contributed by atoms with van der Waals surface area (Å²) in [7, 11) is -7.67. The van der Waals surface area contributed by atoms with E-state index in [1.165, 1.54) is 13.8 Å². The Bertz CT molecular complexity index is 466. The van der Waals surface area contributed by atoms with Crippen molar-refractivity contribution in [2.75, 3.05) is 17.9 Å². The quantitative estimate of drug-likeness (QED) is 0.676. The molecule has 0 radical (unpaired) electrons. The monoisotopic (exact) mass is 287 g/mol. The molecule has 0 spiro atoms. The maximum absolute atomic E-state index is 11.8. The van der Waals surface area contributed by atoms with Gasteiger partial charge >= 0.3 is 5.97 Å². The van der Waals surface area contributed by atoms with Crippen LogP contribution in [0.1, 0.15) is 20.3 Å². The molecule has 9 heteroatoms. The molecular formula is C8H17NO6S2. The highest BCUT2D eigenvalue weighted by molar-refractivity contribution is 8.06. The molecule has 1 unspecified atom stereocenters. The summed E-state index contributed by atoms with van der Waals surface area (Å²) < 4.78 is 46.4. The van der Waals surface area contributed by atoms with Crippen molar-refractivity contribution in [1.29, 1.82) is 0 Å². The number of carboxylic acids is 1. The molecule has 0 saturated heterocycles. The van der Waals surface area contributed by atoms with Crippen LogP contribution in [0.15, 0.2) is 0 Å². The van der Waals surface area contributed by atoms with Crippen LogP contribution in [0.25, 0.3) is 0 Å². The normalized spacial score (nSPS) is 14.8. The second-order valence-electron chi connectivity index (χ2n) is 3.81. The maximum Gasteiger partial charge on any atom is 0.304 e. The molecule has 102 valence electrons. The molecule has 0 aliphatic carbocycles. The summed E-state index contributed by atoms with van der Waals surface area (Å²) in [6.45, 7) is 2.99. The number of hydrogen-bond donors (Lipinski definition) is 1. The van der Waals surface area contributed by atoms with Crippen LogP contribution >= 0.6 is 0 Å². The molecule has 17 heavy (non-hydrogen) atoms. The van der Waals surface area contributed by atoms with Gasteiger partial charge in [0.15, 0.2) is 14.9 Å². The minimum absolute atomic E-state index is 0.0340. The summed E-state index contributed by atoms with van der Waals surface area (Å²) in [6, 6.07) is -0.774. The molecule has 7 nitrogen and oxygen atoms in total. The summed E-state index contributed by atoms with van der Waals surface area (Å²) in [5, 5.41) is 7.58. The minimum atomic E-state index is -3.99. The topological polar surface area (TPSA) is 109 Å². The Kier molecular flexibility index (Phi) is 5.56. The first-order chi connectivity index (χ1) is 7.49. The van der Waals surface area contributed by atoms with Crippen molar-refractivity contribution >= 4 is 25.8 Å². The van der Waals surface area contributed by atoms with Crippen LogP contribution in [-0.4, -0.2) is 56.1 Å². The zero-order valence-electron chi connectivity index (χ0n) is 9.95. The van der Waals surface area contributed by atoms with E-state index in [0.29, 0.717) is 0 Å². The fraction of sp³-hybridized carbons (Fsp3) is 0.875. The molecule has 0 amide bonds. The zero-order chi connectivity index (χ0) is 13.9. The summed E-state index contributed by atoms with van der Waals surface area (Å²) in [4.78, 5) is 10.5. The van der Waals surface area contributed by atoms with Gasteiger partial charge in [-0.25, -0.2) is 16.8 Å². The number of aliphatic carboxylic acids is 1. The molecule has 1 atom stereocenters. The van der Waals surface area contributed by atoms with Crippen LogP contribution in [0.3, 0.4) is 0 Å². The molecule has 0 rings (SSSR count). The van der Waals surface area contributed by atoms with E-state index in [1.807, 2.05) is 0 Å². The second kappa shape index (κ2) is 5.78. The number of carbonyl (C=O) groups is 1. The predicted octanol–water partition coefficient (Wildman–Crippen LogP) is -0.497. The fourth-order valence-corrected chi connectivity index (χ4v) is 5.20. The van der Waals surface area contributed by atoms with Crippen LogP contribution < -0.4 is 0 Å². The average molecular weight is 287 g/mol. The number of carboxylic acid groups (broad SMARTS) is 1. The molecule has 1 N–H and O–H groups in total. The molecule has 0 aromatic carbocycles. The Hall–Kier alpha value is -0.670. The Morgan fingerprint density at radius 2 is 1.76 bits per heavy atom. The highest BCUT2D eigenvalue weighted by Crippen LogP contribution is 2.12. The molecule has 0 bridgehead atoms. The van der Waals surface area contributed by atoms with Crippen molar-refractivity contribution in [3.63, 3.8) is 0 Å². The highest BCUT2D eigenvalue weighted by Gasteiger charge is 2.30. The van der Waals surface area contributed by atoms with Crippen LogP contribution in [0, 0.1) is 0 Å². The predicted molar refractivity (Wildman–Crippen MR) is 62.7 cm³/mol. The molecule has 0 aliphatic rings. The number of rotatable bonds is 7. The van der Waals surface area contributed by atoms with Gasteiger partial charge in [0.2, 0.25) is 10.0 Å². The smallest absolute Gasteiger partial charge is 0.304 e. The van der Waals surface area contributed by atoms with Gasteiger partial charge in [-0.1, -0.05) is 6.92 Å². The molecule has 0 aliphatic heterocycles. The Labute approximate surface area is 101 Å². The Morgan fingerprint density at radius 3 is 2.06 bits per heavy atom. The van der Waals surface area contributed by atoms with Gasteiger partial charge in [0.25, 0.3) is 0 Å². The van der Waals surface area contributed by atoms with E-state index in [0.717, 1.165) is 10.6 Å². The summed E-state index contributed by atoms with van der Waals surface area (Å²) in [5.74, 6) is -1.13. The van der Waals surface area contributed by atoms with E-state index < -0.39 is 37.0 Å². The van der Waals surface area contributed by atoms with Gasteiger partial charge in [-0.2, -0.15) is 4.31 Å². The van der Waals surface area contributed by atoms with Gasteiger partial charge in [-0.15, -0.1) is 0 Å². The van der Waals surface area contributed by atoms with E-state index in [-0.39, 0.29) is 13.0 Å². The van der Waals surface area contributed by atoms with E-state index in [4.69, 9.17) is 5.11 Å².